The van der Waals surface area contributed by atoms with Gasteiger partial charge in [-0.15, -0.1) is 0 Å². The maximum atomic E-state index is 12.4. The van der Waals surface area contributed by atoms with E-state index >= 15 is 0 Å². The van der Waals surface area contributed by atoms with E-state index < -0.39 is 21.8 Å². The lowest BCUT2D eigenvalue weighted by atomic mass is 9.87. The second-order valence-corrected chi connectivity index (χ2v) is 10.4. The Morgan fingerprint density at radius 1 is 0.969 bits per heavy atom. The minimum atomic E-state index is -3.73. The number of nitrogens with zero attached hydrogens (tertiary/aromatic N) is 1. The van der Waals surface area contributed by atoms with Gasteiger partial charge in [-0.3, -0.25) is 20.4 Å². The molecule has 3 rings (SSSR count). The van der Waals surface area contributed by atoms with Gasteiger partial charge in [-0.2, -0.15) is 0 Å². The predicted octanol–water partition coefficient (Wildman–Crippen LogP) is 2.61. The molecule has 0 radical (unpaired) electrons. The number of aryl methyl sites for hydroxylation is 1. The van der Waals surface area contributed by atoms with Crippen LogP contribution < -0.4 is 15.6 Å². The van der Waals surface area contributed by atoms with Crippen molar-refractivity contribution in [3.63, 3.8) is 0 Å². The molecule has 1 aromatic heterocycles. The summed E-state index contributed by atoms with van der Waals surface area (Å²) in [7, 11) is -1.90. The van der Waals surface area contributed by atoms with Crippen LogP contribution in [0.2, 0.25) is 0 Å². The first kappa shape index (κ1) is 23.5. The lowest BCUT2D eigenvalue weighted by molar-refractivity contribution is -0.121. The molecule has 0 aliphatic rings. The fourth-order valence-corrected chi connectivity index (χ4v) is 4.33. The smallest absolute Gasteiger partial charge is 0.271 e. The highest BCUT2D eigenvalue weighted by Crippen LogP contribution is 2.23. The van der Waals surface area contributed by atoms with E-state index in [0.717, 1.165) is 16.5 Å². The third kappa shape index (κ3) is 5.35. The number of sulfonamides is 1. The number of nitrogens with one attached hydrogen (secondary N) is 3. The average Bonchev–Trinajstić information content (AvgIpc) is 3.08. The Morgan fingerprint density at radius 3 is 2.28 bits per heavy atom. The molecular weight excluding hydrogens is 428 g/mol. The number of hydrogen-bond acceptors (Lipinski definition) is 4. The van der Waals surface area contributed by atoms with Crippen LogP contribution >= 0.6 is 0 Å². The summed E-state index contributed by atoms with van der Waals surface area (Å²) in [6, 6.07) is 14.1. The van der Waals surface area contributed by atoms with Crippen LogP contribution in [-0.2, 0) is 27.3 Å². The lowest BCUT2D eigenvalue weighted by Gasteiger charge is -2.19. The molecule has 0 saturated heterocycles. The molecule has 0 saturated carbocycles. The number of para-hydroxylation sites is 1. The fraction of sp³-hybridized carbons (Fsp3) is 0.304. The van der Waals surface area contributed by atoms with Crippen molar-refractivity contribution in [2.24, 2.45) is 7.05 Å². The van der Waals surface area contributed by atoms with Crippen molar-refractivity contribution in [1.82, 2.24) is 20.1 Å². The van der Waals surface area contributed by atoms with Crippen LogP contribution in [0.1, 0.15) is 43.1 Å². The van der Waals surface area contributed by atoms with Crippen molar-refractivity contribution >= 4 is 32.7 Å². The van der Waals surface area contributed by atoms with Gasteiger partial charge in [0.1, 0.15) is 0 Å². The van der Waals surface area contributed by atoms with Crippen molar-refractivity contribution in [2.45, 2.75) is 37.5 Å². The summed E-state index contributed by atoms with van der Waals surface area (Å²) in [4.78, 5) is 24.6. The maximum absolute atomic E-state index is 12.4. The van der Waals surface area contributed by atoms with E-state index in [1.807, 2.05) is 56.7 Å². The molecular formula is C23H28N4O4S. The second kappa shape index (κ2) is 9.13. The normalized spacial score (nSPS) is 12.0. The summed E-state index contributed by atoms with van der Waals surface area (Å²) >= 11 is 0. The third-order valence-electron chi connectivity index (χ3n) is 5.13. The summed E-state index contributed by atoms with van der Waals surface area (Å²) < 4.78 is 29.1. The van der Waals surface area contributed by atoms with Crippen LogP contribution in [0, 0.1) is 0 Å². The average molecular weight is 457 g/mol. The fourth-order valence-electron chi connectivity index (χ4n) is 3.30. The van der Waals surface area contributed by atoms with Crippen LogP contribution in [0.25, 0.3) is 10.9 Å². The Bertz CT molecular complexity index is 1240. The van der Waals surface area contributed by atoms with Gasteiger partial charge < -0.3 is 4.57 Å². The quantitative estimate of drug-likeness (QED) is 0.495. The zero-order valence-corrected chi connectivity index (χ0v) is 19.4. The zero-order chi connectivity index (χ0) is 23.5. The Hall–Kier alpha value is -3.17. The van der Waals surface area contributed by atoms with E-state index in [2.05, 4.69) is 15.6 Å². The number of aromatic nitrogens is 1. The Balaban J connectivity index is 1.51. The molecule has 2 amide bonds. The molecule has 0 fully saturated rings. The molecule has 0 spiro atoms. The molecule has 170 valence electrons. The van der Waals surface area contributed by atoms with Gasteiger partial charge in [0.15, 0.2) is 0 Å². The Kier molecular flexibility index (Phi) is 6.71. The largest absolute Gasteiger partial charge is 0.350 e. The van der Waals surface area contributed by atoms with Crippen molar-refractivity contribution in [3.8, 4) is 0 Å². The maximum Gasteiger partial charge on any atom is 0.271 e. The van der Waals surface area contributed by atoms with Gasteiger partial charge in [-0.25, -0.2) is 13.1 Å². The van der Waals surface area contributed by atoms with Gasteiger partial charge in [0.05, 0.1) is 10.5 Å². The first-order valence-electron chi connectivity index (χ1n) is 10.2. The van der Waals surface area contributed by atoms with Gasteiger partial charge in [-0.05, 0) is 29.2 Å². The number of hydrazine groups is 1. The van der Waals surface area contributed by atoms with Gasteiger partial charge in [-0.1, -0.05) is 51.1 Å². The monoisotopic (exact) mass is 456 g/mol. The molecule has 3 aromatic rings. The van der Waals surface area contributed by atoms with E-state index in [0.29, 0.717) is 5.56 Å². The molecule has 32 heavy (non-hydrogen) atoms. The number of carbonyl (C=O) groups excluding carboxylic acids is 2. The van der Waals surface area contributed by atoms with Crippen molar-refractivity contribution in [1.29, 1.82) is 0 Å². The van der Waals surface area contributed by atoms with E-state index in [1.54, 1.807) is 30.5 Å². The van der Waals surface area contributed by atoms with Crippen LogP contribution in [0.15, 0.2) is 59.6 Å². The summed E-state index contributed by atoms with van der Waals surface area (Å²) in [5.74, 6) is -0.959. The first-order valence-corrected chi connectivity index (χ1v) is 11.7. The summed E-state index contributed by atoms with van der Waals surface area (Å²) in [5, 5.41) is 0.770. The molecule has 3 N–H and O–H groups in total. The van der Waals surface area contributed by atoms with E-state index in [1.165, 1.54) is 0 Å². The van der Waals surface area contributed by atoms with Gasteiger partial charge in [0, 0.05) is 37.1 Å². The van der Waals surface area contributed by atoms with Crippen molar-refractivity contribution in [2.75, 3.05) is 6.54 Å². The zero-order valence-electron chi connectivity index (χ0n) is 18.6. The standard InChI is InChI=1S/C23H28N4O4S/c1-23(2,3)16-9-11-17(12-10-16)32(30,31)24-14-13-21(28)25-26-22(29)19-15-27(4)20-8-6-5-7-18(19)20/h5-12,15,24H,13-14H2,1-4H3,(H,25,28)(H,26,29). The SMILES string of the molecule is Cn1cc(C(=O)NNC(=O)CCNS(=O)(=O)c2ccc(C(C)(C)C)cc2)c2ccccc21. The van der Waals surface area contributed by atoms with E-state index in [-0.39, 0.29) is 23.3 Å². The number of carbonyl (C=O) groups is 2. The molecule has 0 bridgehead atoms. The third-order valence-corrected chi connectivity index (χ3v) is 6.61. The summed E-state index contributed by atoms with van der Waals surface area (Å²) in [5.41, 5.74) is 6.97. The highest BCUT2D eigenvalue weighted by atomic mass is 32.2. The molecule has 2 aromatic carbocycles. The van der Waals surface area contributed by atoms with Crippen LogP contribution in [0.4, 0.5) is 0 Å². The van der Waals surface area contributed by atoms with E-state index in [4.69, 9.17) is 0 Å². The van der Waals surface area contributed by atoms with Gasteiger partial charge in [0.2, 0.25) is 15.9 Å². The number of rotatable bonds is 6. The number of benzene rings is 2. The molecule has 1 heterocycles. The van der Waals surface area contributed by atoms with Crippen LogP contribution in [0.5, 0.6) is 0 Å². The molecule has 0 aliphatic carbocycles. The number of fused-ring (bicyclic) bond motifs is 1. The highest BCUT2D eigenvalue weighted by Gasteiger charge is 2.18. The summed E-state index contributed by atoms with van der Waals surface area (Å²) in [6.07, 6.45) is 1.56. The second-order valence-electron chi connectivity index (χ2n) is 8.60. The Morgan fingerprint density at radius 2 is 1.62 bits per heavy atom. The molecule has 0 atom stereocenters. The Labute approximate surface area is 188 Å². The number of hydrogen-bond donors (Lipinski definition) is 3. The molecule has 0 aliphatic heterocycles. The minimum Gasteiger partial charge on any atom is -0.350 e. The minimum absolute atomic E-state index is 0.0791. The lowest BCUT2D eigenvalue weighted by Crippen LogP contribution is -2.42. The summed E-state index contributed by atoms with van der Waals surface area (Å²) in [6.45, 7) is 6.05. The highest BCUT2D eigenvalue weighted by molar-refractivity contribution is 7.89. The van der Waals surface area contributed by atoms with Crippen LogP contribution in [0.3, 0.4) is 0 Å². The van der Waals surface area contributed by atoms with Crippen molar-refractivity contribution in [3.05, 3.63) is 65.9 Å². The van der Waals surface area contributed by atoms with Gasteiger partial charge >= 0.3 is 0 Å². The molecule has 0 unspecified atom stereocenters. The van der Waals surface area contributed by atoms with Crippen LogP contribution in [-0.4, -0.2) is 31.3 Å². The first-order chi connectivity index (χ1) is 15.0. The molecule has 8 nitrogen and oxygen atoms in total. The van der Waals surface area contributed by atoms with Crippen molar-refractivity contribution < 1.29 is 18.0 Å². The topological polar surface area (TPSA) is 109 Å². The predicted molar refractivity (Wildman–Crippen MR) is 123 cm³/mol. The molecule has 9 heteroatoms. The van der Waals surface area contributed by atoms with Gasteiger partial charge in [0.25, 0.3) is 5.91 Å². The van der Waals surface area contributed by atoms with E-state index in [9.17, 15) is 18.0 Å². The number of amides is 2.